The Morgan fingerprint density at radius 1 is 1.37 bits per heavy atom. The molecule has 0 aromatic heterocycles. The summed E-state index contributed by atoms with van der Waals surface area (Å²) in [6, 6.07) is 5.97. The van der Waals surface area contributed by atoms with Gasteiger partial charge in [0.15, 0.2) is 0 Å². The summed E-state index contributed by atoms with van der Waals surface area (Å²) in [5.41, 5.74) is 0. The molecule has 0 spiro atoms. The van der Waals surface area contributed by atoms with Crippen molar-refractivity contribution >= 4 is 21.8 Å². The van der Waals surface area contributed by atoms with Crippen LogP contribution >= 0.6 is 15.9 Å². The van der Waals surface area contributed by atoms with Crippen LogP contribution in [0.3, 0.4) is 0 Å². The largest absolute Gasteiger partial charge is 0.494 e. The average molecular weight is 330 g/mol. The highest BCUT2D eigenvalue weighted by Crippen LogP contribution is 2.19. The highest BCUT2D eigenvalue weighted by atomic mass is 79.9. The van der Waals surface area contributed by atoms with Gasteiger partial charge in [0.25, 0.3) is 0 Å². The van der Waals surface area contributed by atoms with Crippen LogP contribution < -0.4 is 4.74 Å². The maximum absolute atomic E-state index is 12.7. The number of benzene rings is 1. The van der Waals surface area contributed by atoms with E-state index in [1.165, 1.54) is 12.1 Å². The predicted molar refractivity (Wildman–Crippen MR) is 75.0 cm³/mol. The minimum atomic E-state index is -0.268. The number of likely N-dealkylation sites (tertiary alicyclic amines) is 1. The third kappa shape index (κ3) is 4.20. The number of nitrogens with zero attached hydrogens (tertiary/aromatic N) is 1. The van der Waals surface area contributed by atoms with E-state index in [1.807, 2.05) is 4.90 Å². The van der Waals surface area contributed by atoms with Crippen LogP contribution in [-0.2, 0) is 4.79 Å². The minimum absolute atomic E-state index is 0.228. The number of amides is 1. The van der Waals surface area contributed by atoms with Crippen molar-refractivity contribution in [3.8, 4) is 5.75 Å². The molecule has 1 fully saturated rings. The molecule has 2 rings (SSSR count). The van der Waals surface area contributed by atoms with Crippen LogP contribution in [0.1, 0.15) is 12.8 Å². The number of carbonyl (C=O) groups excluding carboxylic acids is 1. The van der Waals surface area contributed by atoms with E-state index < -0.39 is 0 Å². The topological polar surface area (TPSA) is 29.5 Å². The fourth-order valence-corrected chi connectivity index (χ4v) is 2.58. The first-order valence-corrected chi connectivity index (χ1v) is 7.53. The van der Waals surface area contributed by atoms with Gasteiger partial charge >= 0.3 is 0 Å². The molecule has 1 saturated heterocycles. The molecular formula is C14H17BrFNO2. The Morgan fingerprint density at radius 3 is 2.74 bits per heavy atom. The minimum Gasteiger partial charge on any atom is -0.494 e. The number of hydrogen-bond donors (Lipinski definition) is 0. The van der Waals surface area contributed by atoms with Gasteiger partial charge in [-0.2, -0.15) is 0 Å². The molecule has 0 N–H and O–H groups in total. The summed E-state index contributed by atoms with van der Waals surface area (Å²) in [6.45, 7) is 2.10. The zero-order valence-electron chi connectivity index (χ0n) is 10.6. The van der Waals surface area contributed by atoms with Crippen molar-refractivity contribution in [2.75, 3.05) is 25.0 Å². The molecule has 1 atom stereocenters. The molecule has 1 heterocycles. The van der Waals surface area contributed by atoms with Gasteiger partial charge in [-0.1, -0.05) is 15.9 Å². The van der Waals surface area contributed by atoms with E-state index in [4.69, 9.17) is 4.74 Å². The van der Waals surface area contributed by atoms with Crippen LogP contribution in [0.5, 0.6) is 5.75 Å². The number of ether oxygens (including phenoxy) is 1. The average Bonchev–Trinajstić information content (AvgIpc) is 2.77. The SMILES string of the molecule is O=C1CC(CBr)CN1CCCOc1ccc(F)cc1. The number of hydrogen-bond acceptors (Lipinski definition) is 2. The summed E-state index contributed by atoms with van der Waals surface area (Å²) in [7, 11) is 0. The van der Waals surface area contributed by atoms with Crippen molar-refractivity contribution in [3.05, 3.63) is 30.1 Å². The monoisotopic (exact) mass is 329 g/mol. The Morgan fingerprint density at radius 2 is 2.11 bits per heavy atom. The zero-order chi connectivity index (χ0) is 13.7. The second-order valence-electron chi connectivity index (χ2n) is 4.72. The summed E-state index contributed by atoms with van der Waals surface area (Å²) in [4.78, 5) is 13.6. The molecule has 1 amide bonds. The molecule has 0 aliphatic carbocycles. The molecular weight excluding hydrogens is 313 g/mol. The van der Waals surface area contributed by atoms with Gasteiger partial charge in [0.2, 0.25) is 5.91 Å². The first kappa shape index (κ1) is 14.3. The Balaban J connectivity index is 1.67. The molecule has 0 saturated carbocycles. The zero-order valence-corrected chi connectivity index (χ0v) is 12.2. The van der Waals surface area contributed by atoms with E-state index in [1.54, 1.807) is 12.1 Å². The van der Waals surface area contributed by atoms with E-state index in [-0.39, 0.29) is 11.7 Å². The van der Waals surface area contributed by atoms with Crippen molar-refractivity contribution in [1.82, 2.24) is 4.90 Å². The van der Waals surface area contributed by atoms with Crippen LogP contribution in [0.2, 0.25) is 0 Å². The third-order valence-corrected chi connectivity index (χ3v) is 4.08. The van der Waals surface area contributed by atoms with E-state index in [0.717, 1.165) is 24.8 Å². The summed E-state index contributed by atoms with van der Waals surface area (Å²) in [6.07, 6.45) is 1.43. The predicted octanol–water partition coefficient (Wildman–Crippen LogP) is 2.84. The smallest absolute Gasteiger partial charge is 0.222 e. The quantitative estimate of drug-likeness (QED) is 0.593. The van der Waals surface area contributed by atoms with Crippen molar-refractivity contribution in [3.63, 3.8) is 0 Å². The van der Waals surface area contributed by atoms with Gasteiger partial charge < -0.3 is 9.64 Å². The van der Waals surface area contributed by atoms with Gasteiger partial charge in [-0.25, -0.2) is 4.39 Å². The lowest BCUT2D eigenvalue weighted by molar-refractivity contribution is -0.127. The first-order chi connectivity index (χ1) is 9.19. The number of carbonyl (C=O) groups is 1. The maximum atomic E-state index is 12.7. The second-order valence-corrected chi connectivity index (χ2v) is 5.37. The molecule has 1 unspecified atom stereocenters. The number of halogens is 2. The molecule has 1 aromatic rings. The van der Waals surface area contributed by atoms with E-state index in [2.05, 4.69) is 15.9 Å². The number of alkyl halides is 1. The van der Waals surface area contributed by atoms with Crippen LogP contribution in [0, 0.1) is 11.7 Å². The standard InChI is InChI=1S/C14H17BrFNO2/c15-9-11-8-14(18)17(10-11)6-1-7-19-13-4-2-12(16)3-5-13/h2-5,11H,1,6-10H2. The van der Waals surface area contributed by atoms with Crippen LogP contribution in [0.4, 0.5) is 4.39 Å². The van der Waals surface area contributed by atoms with E-state index >= 15 is 0 Å². The third-order valence-electron chi connectivity index (χ3n) is 3.17. The first-order valence-electron chi connectivity index (χ1n) is 6.41. The molecule has 3 nitrogen and oxygen atoms in total. The van der Waals surface area contributed by atoms with Crippen molar-refractivity contribution < 1.29 is 13.9 Å². The molecule has 104 valence electrons. The van der Waals surface area contributed by atoms with Gasteiger partial charge in [0.1, 0.15) is 11.6 Å². The van der Waals surface area contributed by atoms with Gasteiger partial charge in [0, 0.05) is 24.8 Å². The molecule has 1 aliphatic rings. The number of rotatable bonds is 6. The lowest BCUT2D eigenvalue weighted by Crippen LogP contribution is -2.27. The van der Waals surface area contributed by atoms with Crippen molar-refractivity contribution in [1.29, 1.82) is 0 Å². The fourth-order valence-electron chi connectivity index (χ4n) is 2.15. The fraction of sp³-hybridized carbons (Fsp3) is 0.500. The summed E-state index contributed by atoms with van der Waals surface area (Å²) < 4.78 is 18.2. The normalized spacial score (nSPS) is 18.9. The molecule has 1 aromatic carbocycles. The molecule has 1 aliphatic heterocycles. The van der Waals surface area contributed by atoms with E-state index in [0.29, 0.717) is 24.7 Å². The Hall–Kier alpha value is -1.10. The summed E-state index contributed by atoms with van der Waals surface area (Å²) in [5, 5.41) is 0.876. The maximum Gasteiger partial charge on any atom is 0.222 e. The van der Waals surface area contributed by atoms with E-state index in [9.17, 15) is 9.18 Å². The van der Waals surface area contributed by atoms with Crippen molar-refractivity contribution in [2.45, 2.75) is 12.8 Å². The molecule has 19 heavy (non-hydrogen) atoms. The van der Waals surface area contributed by atoms with Gasteiger partial charge in [0.05, 0.1) is 6.61 Å². The van der Waals surface area contributed by atoms with Crippen molar-refractivity contribution in [2.24, 2.45) is 5.92 Å². The highest BCUT2D eigenvalue weighted by molar-refractivity contribution is 9.09. The highest BCUT2D eigenvalue weighted by Gasteiger charge is 2.27. The Kier molecular flexibility index (Phi) is 5.19. The molecule has 0 bridgehead atoms. The summed E-state index contributed by atoms with van der Waals surface area (Å²) in [5.74, 6) is 1.06. The van der Waals surface area contributed by atoms with Crippen LogP contribution in [0.25, 0.3) is 0 Å². The lowest BCUT2D eigenvalue weighted by atomic mass is 10.2. The lowest BCUT2D eigenvalue weighted by Gasteiger charge is -2.16. The molecule has 0 radical (unpaired) electrons. The van der Waals surface area contributed by atoms with Crippen LogP contribution in [-0.4, -0.2) is 35.8 Å². The van der Waals surface area contributed by atoms with Gasteiger partial charge in [-0.3, -0.25) is 4.79 Å². The van der Waals surface area contributed by atoms with Gasteiger partial charge in [-0.15, -0.1) is 0 Å². The van der Waals surface area contributed by atoms with Gasteiger partial charge in [-0.05, 0) is 36.6 Å². The summed E-state index contributed by atoms with van der Waals surface area (Å²) >= 11 is 3.42. The van der Waals surface area contributed by atoms with Crippen LogP contribution in [0.15, 0.2) is 24.3 Å². The molecule has 5 heteroatoms. The Labute approximate surface area is 120 Å². The second kappa shape index (κ2) is 6.89. The Bertz CT molecular complexity index is 424.